The van der Waals surface area contributed by atoms with Crippen molar-refractivity contribution >= 4 is 21.2 Å². The van der Waals surface area contributed by atoms with Crippen molar-refractivity contribution in [2.45, 2.75) is 19.6 Å². The van der Waals surface area contributed by atoms with E-state index in [1.807, 2.05) is 24.3 Å². The molecule has 0 spiro atoms. The number of hydrogen-bond acceptors (Lipinski definition) is 4. The first-order chi connectivity index (χ1) is 14.4. The number of rotatable bonds is 4. The van der Waals surface area contributed by atoms with Gasteiger partial charge in [-0.1, -0.05) is 72.8 Å². The van der Waals surface area contributed by atoms with Crippen molar-refractivity contribution in [2.24, 2.45) is 0 Å². The highest BCUT2D eigenvalue weighted by atomic mass is 32.3. The molecule has 0 unspecified atom stereocenters. The third-order valence-corrected chi connectivity index (χ3v) is 8.01. The highest BCUT2D eigenvalue weighted by molar-refractivity contribution is 8.24. The molecular formula is C24H24O4S2. The minimum absolute atomic E-state index is 0.552. The Kier molecular flexibility index (Phi) is 7.33. The molecule has 4 aromatic rings. The van der Waals surface area contributed by atoms with Crippen molar-refractivity contribution in [1.29, 1.82) is 0 Å². The van der Waals surface area contributed by atoms with Crippen LogP contribution < -0.4 is 0 Å². The van der Waals surface area contributed by atoms with Gasteiger partial charge in [-0.05, 0) is 48.5 Å². The maximum absolute atomic E-state index is 10.1. The van der Waals surface area contributed by atoms with Gasteiger partial charge < -0.3 is 0 Å². The second kappa shape index (κ2) is 9.95. The lowest BCUT2D eigenvalue weighted by Gasteiger charge is -2.32. The van der Waals surface area contributed by atoms with E-state index in [0.29, 0.717) is 19.6 Å². The molecule has 4 rings (SSSR count). The smallest absolute Gasteiger partial charge is 0.0636 e. The summed E-state index contributed by atoms with van der Waals surface area (Å²) < 4.78 is 40.4. The first kappa shape index (κ1) is 22.1. The molecule has 4 N–H and O–H groups in total. The van der Waals surface area contributed by atoms with E-state index >= 15 is 0 Å². The molecule has 6 heteroatoms. The van der Waals surface area contributed by atoms with Crippen LogP contribution in [0.2, 0.25) is 0 Å². The zero-order valence-corrected chi connectivity index (χ0v) is 17.8. The monoisotopic (exact) mass is 440 g/mol. The van der Waals surface area contributed by atoms with Gasteiger partial charge in [0.1, 0.15) is 0 Å². The Morgan fingerprint density at radius 3 is 0.633 bits per heavy atom. The Bertz CT molecular complexity index is 856. The molecule has 156 valence electrons. The zero-order chi connectivity index (χ0) is 21.5. The Morgan fingerprint density at radius 2 is 0.467 bits per heavy atom. The fourth-order valence-electron chi connectivity index (χ4n) is 2.71. The summed E-state index contributed by atoms with van der Waals surface area (Å²) in [4.78, 5) is 2.21. The lowest BCUT2D eigenvalue weighted by molar-refractivity contribution is 0.485. The molecular weight excluding hydrogens is 416 g/mol. The molecule has 0 radical (unpaired) electrons. The van der Waals surface area contributed by atoms with Crippen molar-refractivity contribution in [2.75, 3.05) is 0 Å². The van der Waals surface area contributed by atoms with Gasteiger partial charge in [-0.15, -0.1) is 21.2 Å². The largest absolute Gasteiger partial charge is 0.290 e. The van der Waals surface area contributed by atoms with Crippen LogP contribution in [-0.2, 0) is 0 Å². The van der Waals surface area contributed by atoms with E-state index in [4.69, 9.17) is 0 Å². The van der Waals surface area contributed by atoms with Gasteiger partial charge in [0, 0.05) is 0 Å². The van der Waals surface area contributed by atoms with Crippen LogP contribution in [0.3, 0.4) is 0 Å². The van der Waals surface area contributed by atoms with E-state index in [0.717, 1.165) is 0 Å². The molecule has 30 heavy (non-hydrogen) atoms. The average molecular weight is 441 g/mol. The van der Waals surface area contributed by atoms with Crippen molar-refractivity contribution < 1.29 is 18.2 Å². The van der Waals surface area contributed by atoms with Gasteiger partial charge in [-0.25, -0.2) is 0 Å². The van der Waals surface area contributed by atoms with Gasteiger partial charge in [0.05, 0.1) is 19.6 Å². The van der Waals surface area contributed by atoms with Gasteiger partial charge in [-0.3, -0.25) is 18.2 Å². The molecule has 0 bridgehead atoms. The quantitative estimate of drug-likeness (QED) is 0.262. The Hall–Kier alpha value is -2.58. The summed E-state index contributed by atoms with van der Waals surface area (Å²) in [6.45, 7) is 0. The third kappa shape index (κ3) is 5.31. The van der Waals surface area contributed by atoms with Crippen LogP contribution >= 0.6 is 21.2 Å². The summed E-state index contributed by atoms with van der Waals surface area (Å²) in [5, 5.41) is 0. The normalized spacial score (nSPS) is 12.4. The van der Waals surface area contributed by atoms with Crippen LogP contribution in [0.15, 0.2) is 141 Å². The minimum Gasteiger partial charge on any atom is -0.290 e. The number of hydrogen-bond donors (Lipinski definition) is 4. The fraction of sp³-hybridized carbons (Fsp3) is 0. The molecule has 0 aromatic heterocycles. The van der Waals surface area contributed by atoms with Crippen LogP contribution in [0.1, 0.15) is 0 Å². The van der Waals surface area contributed by atoms with E-state index in [1.165, 1.54) is 0 Å². The van der Waals surface area contributed by atoms with E-state index in [1.54, 1.807) is 97.1 Å². The van der Waals surface area contributed by atoms with Crippen LogP contribution in [-0.4, -0.2) is 18.2 Å². The Labute approximate surface area is 180 Å². The van der Waals surface area contributed by atoms with E-state index < -0.39 is 21.2 Å². The highest BCUT2D eigenvalue weighted by Crippen LogP contribution is 2.55. The maximum atomic E-state index is 10.1. The molecule has 0 atom stereocenters. The van der Waals surface area contributed by atoms with Crippen LogP contribution in [0.4, 0.5) is 0 Å². The Balaban J connectivity index is 0.000000171. The topological polar surface area (TPSA) is 80.9 Å². The maximum Gasteiger partial charge on any atom is 0.0636 e. The summed E-state index contributed by atoms with van der Waals surface area (Å²) in [5.74, 6) is 0. The van der Waals surface area contributed by atoms with Gasteiger partial charge >= 0.3 is 0 Å². The average Bonchev–Trinajstić information content (AvgIpc) is 2.82. The van der Waals surface area contributed by atoms with Crippen molar-refractivity contribution in [3.05, 3.63) is 121 Å². The summed E-state index contributed by atoms with van der Waals surface area (Å²) in [5.41, 5.74) is 0. The van der Waals surface area contributed by atoms with Crippen LogP contribution in [0.5, 0.6) is 0 Å². The van der Waals surface area contributed by atoms with Gasteiger partial charge in [-0.2, -0.15) is 0 Å². The summed E-state index contributed by atoms with van der Waals surface area (Å²) in [7, 11) is -5.68. The molecule has 4 nitrogen and oxygen atoms in total. The predicted octanol–water partition coefficient (Wildman–Crippen LogP) is 7.71. The molecule has 0 saturated carbocycles. The van der Waals surface area contributed by atoms with E-state index in [9.17, 15) is 18.2 Å². The van der Waals surface area contributed by atoms with Crippen molar-refractivity contribution in [3.8, 4) is 0 Å². The van der Waals surface area contributed by atoms with E-state index in [-0.39, 0.29) is 0 Å². The molecule has 0 aliphatic heterocycles. The zero-order valence-electron chi connectivity index (χ0n) is 16.2. The SMILES string of the molecule is OS(O)(c1ccccc1)c1ccccc1.OS(O)(c1ccccc1)c1ccccc1. The molecule has 4 aromatic carbocycles. The first-order valence-corrected chi connectivity index (χ1v) is 12.3. The molecule has 0 aliphatic rings. The lowest BCUT2D eigenvalue weighted by Crippen LogP contribution is -1.98. The highest BCUT2D eigenvalue weighted by Gasteiger charge is 2.18. The third-order valence-electron chi connectivity index (χ3n) is 4.29. The molecule has 0 aliphatic carbocycles. The van der Waals surface area contributed by atoms with Crippen LogP contribution in [0, 0.1) is 0 Å². The second-order valence-corrected chi connectivity index (χ2v) is 10.4. The van der Waals surface area contributed by atoms with Crippen LogP contribution in [0.25, 0.3) is 0 Å². The first-order valence-electron chi connectivity index (χ1n) is 9.19. The number of benzene rings is 4. The van der Waals surface area contributed by atoms with Gasteiger partial charge in [0.15, 0.2) is 0 Å². The van der Waals surface area contributed by atoms with Crippen molar-refractivity contribution in [3.63, 3.8) is 0 Å². The molecule has 0 saturated heterocycles. The molecule has 0 amide bonds. The second-order valence-electron chi connectivity index (χ2n) is 6.35. The minimum atomic E-state index is -2.84. The predicted molar refractivity (Wildman–Crippen MR) is 125 cm³/mol. The summed E-state index contributed by atoms with van der Waals surface area (Å²) in [6, 6.07) is 35.6. The summed E-state index contributed by atoms with van der Waals surface area (Å²) in [6.07, 6.45) is 0. The standard InChI is InChI=1S/2C12H12O2S/c2*13-15(14,11-7-3-1-4-8-11)12-9-5-2-6-10-12/h2*1-10,13-14H. The van der Waals surface area contributed by atoms with Gasteiger partial charge in [0.2, 0.25) is 0 Å². The Morgan fingerprint density at radius 1 is 0.300 bits per heavy atom. The van der Waals surface area contributed by atoms with Gasteiger partial charge in [0.25, 0.3) is 0 Å². The molecule has 0 fully saturated rings. The lowest BCUT2D eigenvalue weighted by atomic mass is 10.4. The van der Waals surface area contributed by atoms with Crippen molar-refractivity contribution in [1.82, 2.24) is 0 Å². The summed E-state index contributed by atoms with van der Waals surface area (Å²) >= 11 is 0. The van der Waals surface area contributed by atoms with E-state index in [2.05, 4.69) is 0 Å². The fourth-order valence-corrected chi connectivity index (χ4v) is 5.40. The molecule has 0 heterocycles.